The topological polar surface area (TPSA) is 82.8 Å². The van der Waals surface area contributed by atoms with Gasteiger partial charge in [0.05, 0.1) is 18.6 Å². The van der Waals surface area contributed by atoms with Gasteiger partial charge in [0.15, 0.2) is 5.16 Å². The summed E-state index contributed by atoms with van der Waals surface area (Å²) in [6.45, 7) is 0.549. The van der Waals surface area contributed by atoms with Gasteiger partial charge < -0.3 is 13.5 Å². The highest BCUT2D eigenvalue weighted by Crippen LogP contribution is 2.23. The van der Waals surface area contributed by atoms with E-state index in [-0.39, 0.29) is 5.82 Å². The summed E-state index contributed by atoms with van der Waals surface area (Å²) in [4.78, 5) is 4.32. The van der Waals surface area contributed by atoms with Crippen LogP contribution in [0, 0.1) is 5.82 Å². The Bertz CT molecular complexity index is 949. The molecule has 0 radical (unpaired) electrons. The largest absolute Gasteiger partial charge is 0.467 e. The maximum absolute atomic E-state index is 13.0. The molecule has 0 atom stereocenters. The molecule has 0 aliphatic carbocycles. The van der Waals surface area contributed by atoms with Crippen LogP contribution in [0.4, 0.5) is 4.39 Å². The van der Waals surface area contributed by atoms with E-state index < -0.39 is 0 Å². The maximum atomic E-state index is 13.0. The van der Waals surface area contributed by atoms with Crippen LogP contribution in [0.2, 0.25) is 0 Å². The van der Waals surface area contributed by atoms with E-state index in [4.69, 9.17) is 8.94 Å². The van der Waals surface area contributed by atoms with Crippen LogP contribution in [-0.2, 0) is 12.3 Å². The normalized spacial score (nSPS) is 11.1. The fraction of sp³-hybridized carbons (Fsp3) is 0.125. The van der Waals surface area contributed by atoms with E-state index in [1.165, 1.54) is 23.9 Å². The minimum atomic E-state index is -0.307. The van der Waals surface area contributed by atoms with Crippen molar-refractivity contribution in [1.82, 2.24) is 24.9 Å². The molecule has 4 rings (SSSR count). The number of benzene rings is 1. The zero-order valence-electron chi connectivity index (χ0n) is 12.9. The maximum Gasteiger partial charge on any atom is 0.237 e. The molecule has 4 aromatic rings. The second-order valence-corrected chi connectivity index (χ2v) is 6.07. The van der Waals surface area contributed by atoms with Gasteiger partial charge in [-0.2, -0.15) is 4.98 Å². The van der Waals surface area contributed by atoms with Crippen molar-refractivity contribution in [2.45, 2.75) is 17.5 Å². The zero-order chi connectivity index (χ0) is 17.1. The van der Waals surface area contributed by atoms with E-state index in [0.717, 1.165) is 10.9 Å². The van der Waals surface area contributed by atoms with Crippen molar-refractivity contribution >= 4 is 11.8 Å². The van der Waals surface area contributed by atoms with E-state index in [1.807, 2.05) is 16.7 Å². The van der Waals surface area contributed by atoms with Crippen LogP contribution >= 0.6 is 11.8 Å². The first-order valence-corrected chi connectivity index (χ1v) is 8.38. The highest BCUT2D eigenvalue weighted by Gasteiger charge is 2.12. The number of aromatic nitrogens is 5. The second-order valence-electron chi connectivity index (χ2n) is 5.13. The number of halogens is 1. The Morgan fingerprint density at radius 1 is 1.16 bits per heavy atom. The van der Waals surface area contributed by atoms with Gasteiger partial charge in [-0.25, -0.2) is 4.39 Å². The predicted molar refractivity (Wildman–Crippen MR) is 87.1 cm³/mol. The molecule has 126 valence electrons. The summed E-state index contributed by atoms with van der Waals surface area (Å²) in [5, 5.41) is 12.7. The SMILES string of the molecule is Fc1ccc(-c2noc(CSc3nncn3Cc3ccco3)n2)cc1. The van der Waals surface area contributed by atoms with Gasteiger partial charge in [-0.3, -0.25) is 0 Å². The van der Waals surface area contributed by atoms with E-state index in [0.29, 0.717) is 29.6 Å². The van der Waals surface area contributed by atoms with Crippen molar-refractivity contribution in [3.05, 3.63) is 66.5 Å². The minimum absolute atomic E-state index is 0.307. The van der Waals surface area contributed by atoms with Crippen LogP contribution in [0.1, 0.15) is 11.7 Å². The van der Waals surface area contributed by atoms with Gasteiger partial charge in [-0.15, -0.1) is 10.2 Å². The molecule has 9 heteroatoms. The molecule has 1 aromatic carbocycles. The first kappa shape index (κ1) is 15.6. The summed E-state index contributed by atoms with van der Waals surface area (Å²) in [5.41, 5.74) is 0.697. The Morgan fingerprint density at radius 3 is 2.84 bits per heavy atom. The fourth-order valence-corrected chi connectivity index (χ4v) is 2.94. The predicted octanol–water partition coefficient (Wildman–Crippen LogP) is 3.40. The van der Waals surface area contributed by atoms with E-state index >= 15 is 0 Å². The van der Waals surface area contributed by atoms with E-state index in [1.54, 1.807) is 24.7 Å². The molecule has 25 heavy (non-hydrogen) atoms. The molecule has 0 saturated carbocycles. The van der Waals surface area contributed by atoms with Crippen LogP contribution in [0.3, 0.4) is 0 Å². The van der Waals surface area contributed by atoms with Crippen molar-refractivity contribution in [3.8, 4) is 11.4 Å². The van der Waals surface area contributed by atoms with Gasteiger partial charge in [-0.05, 0) is 36.4 Å². The molecule has 0 unspecified atom stereocenters. The van der Waals surface area contributed by atoms with Crippen molar-refractivity contribution < 1.29 is 13.3 Å². The number of hydrogen-bond donors (Lipinski definition) is 0. The van der Waals surface area contributed by atoms with Crippen LogP contribution in [0.25, 0.3) is 11.4 Å². The van der Waals surface area contributed by atoms with Gasteiger partial charge in [0.25, 0.3) is 0 Å². The van der Waals surface area contributed by atoms with Crippen LogP contribution < -0.4 is 0 Å². The Hall–Kier alpha value is -2.94. The summed E-state index contributed by atoms with van der Waals surface area (Å²) in [5.74, 6) is 1.84. The van der Waals surface area contributed by atoms with Gasteiger partial charge in [0.2, 0.25) is 11.7 Å². The first-order chi connectivity index (χ1) is 12.3. The summed E-state index contributed by atoms with van der Waals surface area (Å²) < 4.78 is 25.4. The monoisotopic (exact) mass is 357 g/mol. The first-order valence-electron chi connectivity index (χ1n) is 7.39. The lowest BCUT2D eigenvalue weighted by molar-refractivity contribution is 0.391. The van der Waals surface area contributed by atoms with Gasteiger partial charge in [-0.1, -0.05) is 16.9 Å². The van der Waals surface area contributed by atoms with E-state index in [9.17, 15) is 4.39 Å². The average Bonchev–Trinajstić information content (AvgIpc) is 3.36. The Balaban J connectivity index is 1.42. The Labute approximate surface area is 145 Å². The van der Waals surface area contributed by atoms with Crippen molar-refractivity contribution in [3.63, 3.8) is 0 Å². The fourth-order valence-electron chi connectivity index (χ4n) is 2.19. The molecule has 0 bridgehead atoms. The van der Waals surface area contributed by atoms with Gasteiger partial charge in [0.1, 0.15) is 17.9 Å². The summed E-state index contributed by atoms with van der Waals surface area (Å²) in [7, 11) is 0. The quantitative estimate of drug-likeness (QED) is 0.489. The number of hydrogen-bond acceptors (Lipinski definition) is 7. The van der Waals surface area contributed by atoms with Crippen LogP contribution in [0.5, 0.6) is 0 Å². The standard InChI is InChI=1S/C16H12FN5O2S/c17-12-5-3-11(4-6-12)15-19-14(24-21-15)9-25-16-20-18-10-22(16)8-13-2-1-7-23-13/h1-7,10H,8-9H2. The van der Waals surface area contributed by atoms with E-state index in [2.05, 4.69) is 20.3 Å². The Morgan fingerprint density at radius 2 is 2.04 bits per heavy atom. The molecule has 0 aliphatic rings. The molecular weight excluding hydrogens is 345 g/mol. The average molecular weight is 357 g/mol. The number of furan rings is 1. The zero-order valence-corrected chi connectivity index (χ0v) is 13.7. The summed E-state index contributed by atoms with van der Waals surface area (Å²) >= 11 is 1.43. The van der Waals surface area contributed by atoms with Gasteiger partial charge in [0, 0.05) is 5.56 Å². The van der Waals surface area contributed by atoms with Gasteiger partial charge >= 0.3 is 0 Å². The third-order valence-corrected chi connectivity index (χ3v) is 4.35. The molecule has 3 aromatic heterocycles. The highest BCUT2D eigenvalue weighted by atomic mass is 32.2. The number of rotatable bonds is 6. The molecule has 0 N–H and O–H groups in total. The smallest absolute Gasteiger partial charge is 0.237 e. The summed E-state index contributed by atoms with van der Waals surface area (Å²) in [6, 6.07) is 9.66. The molecule has 3 heterocycles. The summed E-state index contributed by atoms with van der Waals surface area (Å²) in [6.07, 6.45) is 3.27. The van der Waals surface area contributed by atoms with Crippen molar-refractivity contribution in [1.29, 1.82) is 0 Å². The lowest BCUT2D eigenvalue weighted by Crippen LogP contribution is -1.99. The third-order valence-electron chi connectivity index (χ3n) is 3.38. The molecule has 0 spiro atoms. The van der Waals surface area contributed by atoms with Crippen molar-refractivity contribution in [2.75, 3.05) is 0 Å². The molecule has 0 saturated heterocycles. The molecule has 0 amide bonds. The lowest BCUT2D eigenvalue weighted by Gasteiger charge is -2.02. The lowest BCUT2D eigenvalue weighted by atomic mass is 10.2. The van der Waals surface area contributed by atoms with Crippen LogP contribution in [0.15, 0.2) is 63.1 Å². The second kappa shape index (κ2) is 6.89. The van der Waals surface area contributed by atoms with Crippen molar-refractivity contribution in [2.24, 2.45) is 0 Å². The van der Waals surface area contributed by atoms with Crippen LogP contribution in [-0.4, -0.2) is 24.9 Å². The Kier molecular flexibility index (Phi) is 4.30. The molecule has 0 aliphatic heterocycles. The highest BCUT2D eigenvalue weighted by molar-refractivity contribution is 7.98. The minimum Gasteiger partial charge on any atom is -0.467 e. The molecular formula is C16H12FN5O2S. The molecule has 7 nitrogen and oxygen atoms in total. The number of nitrogens with zero attached hydrogens (tertiary/aromatic N) is 5. The number of thioether (sulfide) groups is 1. The third kappa shape index (κ3) is 3.61. The molecule has 0 fully saturated rings.